The molecule has 0 aliphatic carbocycles. The molecule has 8 rings (SSSR count). The molecular weight excluding hydrogens is 597 g/mol. The van der Waals surface area contributed by atoms with Crippen molar-refractivity contribution in [1.82, 2.24) is 0 Å². The van der Waals surface area contributed by atoms with E-state index in [9.17, 15) is 0 Å². The van der Waals surface area contributed by atoms with Crippen LogP contribution in [0, 0.1) is 0 Å². The van der Waals surface area contributed by atoms with E-state index in [0.717, 1.165) is 0 Å². The van der Waals surface area contributed by atoms with Gasteiger partial charge in [0.05, 0.1) is 0 Å². The van der Waals surface area contributed by atoms with Crippen molar-refractivity contribution >= 4 is 71.7 Å². The molecule has 0 fully saturated rings. The Morgan fingerprint density at radius 3 is 1.85 bits per heavy atom. The average Bonchev–Trinajstić information content (AvgIpc) is 3.37. The van der Waals surface area contributed by atoms with Gasteiger partial charge in [0.25, 0.3) is 0 Å². The second-order valence-corrected chi connectivity index (χ2v) is 19.0. The zero-order valence-corrected chi connectivity index (χ0v) is 31.4. The van der Waals surface area contributed by atoms with Crippen LogP contribution in [-0.4, -0.2) is 6.71 Å². The van der Waals surface area contributed by atoms with Crippen molar-refractivity contribution in [1.29, 1.82) is 0 Å². The van der Waals surface area contributed by atoms with Gasteiger partial charge < -0.3 is 4.90 Å². The fraction of sp³-hybridized carbons (Fsp3) is 0.333. The van der Waals surface area contributed by atoms with E-state index < -0.39 is 0 Å². The number of hydrogen-bond acceptors (Lipinski definition) is 2. The van der Waals surface area contributed by atoms with Gasteiger partial charge in [0.1, 0.15) is 0 Å². The number of benzene rings is 5. The summed E-state index contributed by atoms with van der Waals surface area (Å²) in [6, 6.07) is 35.9. The Morgan fingerprint density at radius 1 is 0.542 bits per heavy atom. The van der Waals surface area contributed by atoms with E-state index in [1.807, 2.05) is 11.3 Å². The van der Waals surface area contributed by atoms with Crippen LogP contribution in [0.5, 0.6) is 0 Å². The van der Waals surface area contributed by atoms with E-state index in [4.69, 9.17) is 0 Å². The quantitative estimate of drug-likeness (QED) is 0.161. The lowest BCUT2D eigenvalue weighted by Crippen LogP contribution is -2.64. The lowest BCUT2D eigenvalue weighted by Gasteiger charge is -2.46. The Hall–Kier alpha value is -3.82. The van der Waals surface area contributed by atoms with Crippen molar-refractivity contribution in [3.8, 4) is 0 Å². The highest BCUT2D eigenvalue weighted by atomic mass is 32.1. The van der Waals surface area contributed by atoms with E-state index in [-0.39, 0.29) is 28.4 Å². The average molecular weight is 646 g/mol. The Morgan fingerprint density at radius 2 is 1.19 bits per heavy atom. The second kappa shape index (κ2) is 10.1. The summed E-state index contributed by atoms with van der Waals surface area (Å²) in [6.07, 6.45) is 0. The first-order valence-electron chi connectivity index (χ1n) is 17.6. The van der Waals surface area contributed by atoms with Gasteiger partial charge in [-0.05, 0) is 90.7 Å². The van der Waals surface area contributed by atoms with Crippen LogP contribution in [0.2, 0.25) is 0 Å². The first-order chi connectivity index (χ1) is 22.4. The Labute approximate surface area is 292 Å². The third-order valence-corrected chi connectivity index (χ3v) is 12.3. The predicted molar refractivity (Wildman–Crippen MR) is 213 cm³/mol. The molecule has 0 atom stereocenters. The molecule has 1 nitrogen and oxygen atoms in total. The van der Waals surface area contributed by atoms with Gasteiger partial charge in [0.2, 0.25) is 6.71 Å². The summed E-state index contributed by atoms with van der Waals surface area (Å²) in [5.74, 6) is 0. The maximum atomic E-state index is 2.60. The molecule has 1 aromatic heterocycles. The molecule has 0 N–H and O–H groups in total. The third kappa shape index (κ3) is 4.64. The summed E-state index contributed by atoms with van der Waals surface area (Å²) in [5.41, 5.74) is 15.3. The van der Waals surface area contributed by atoms with Gasteiger partial charge in [0.15, 0.2) is 0 Å². The Kier molecular flexibility index (Phi) is 6.62. The summed E-state index contributed by atoms with van der Waals surface area (Å²) in [6.45, 7) is 26.1. The van der Waals surface area contributed by atoms with E-state index in [0.29, 0.717) is 0 Å². The van der Waals surface area contributed by atoms with Gasteiger partial charge in [-0.25, -0.2) is 0 Å². The molecule has 242 valence electrons. The summed E-state index contributed by atoms with van der Waals surface area (Å²) in [4.78, 5) is 2.60. The van der Waals surface area contributed by atoms with Gasteiger partial charge in [-0.3, -0.25) is 0 Å². The standard InChI is InChI=1S/C45H48BNS/c1-42(2,3)27-16-19-30(20-17-27)47-37-26-40-32(31-14-12-13-15-39(31)48-40)25-36(37)46-35-23-28(43(4,5)6)18-21-33(35)45(10,11)34-22-29(44(7,8)9)24-38(47)41(34)46/h12-26H,1-11H3. The van der Waals surface area contributed by atoms with Crippen molar-refractivity contribution in [3.05, 3.63) is 119 Å². The van der Waals surface area contributed by atoms with Gasteiger partial charge in [-0.1, -0.05) is 142 Å². The minimum atomic E-state index is -0.147. The maximum Gasteiger partial charge on any atom is 0.247 e. The highest BCUT2D eigenvalue weighted by Crippen LogP contribution is 2.47. The number of fused-ring (bicyclic) bond motifs is 7. The van der Waals surface area contributed by atoms with Crippen molar-refractivity contribution in [2.24, 2.45) is 0 Å². The number of rotatable bonds is 1. The lowest BCUT2D eigenvalue weighted by atomic mass is 9.30. The molecule has 2 aliphatic rings. The molecule has 48 heavy (non-hydrogen) atoms. The van der Waals surface area contributed by atoms with E-state index >= 15 is 0 Å². The van der Waals surface area contributed by atoms with E-state index in [1.165, 1.54) is 81.4 Å². The number of thiophene rings is 1. The highest BCUT2D eigenvalue weighted by molar-refractivity contribution is 7.26. The number of nitrogens with zero attached hydrogens (tertiary/aromatic N) is 1. The SMILES string of the molecule is CC(C)(C)c1ccc(N2c3cc4sc5ccccc5c4cc3B3c4cc(C(C)(C)C)ccc4C(C)(C)c4cc(C(C)(C)C)cc2c43)cc1. The zero-order valence-electron chi connectivity index (χ0n) is 30.6. The number of hydrogen-bond donors (Lipinski definition) is 0. The van der Waals surface area contributed by atoms with Crippen LogP contribution in [0.25, 0.3) is 20.2 Å². The highest BCUT2D eigenvalue weighted by Gasteiger charge is 2.47. The topological polar surface area (TPSA) is 3.24 Å². The molecule has 0 bridgehead atoms. The van der Waals surface area contributed by atoms with Crippen molar-refractivity contribution in [2.75, 3.05) is 4.90 Å². The fourth-order valence-electron chi connectivity index (χ4n) is 8.26. The molecule has 0 saturated heterocycles. The van der Waals surface area contributed by atoms with Gasteiger partial charge in [-0.15, -0.1) is 11.3 Å². The Balaban J connectivity index is 1.52. The Bertz CT molecular complexity index is 2260. The molecule has 3 heteroatoms. The molecule has 0 spiro atoms. The molecule has 0 saturated carbocycles. The van der Waals surface area contributed by atoms with Crippen LogP contribution in [0.4, 0.5) is 17.1 Å². The van der Waals surface area contributed by atoms with E-state index in [2.05, 4.69) is 172 Å². The fourth-order valence-corrected chi connectivity index (χ4v) is 9.38. The normalized spacial score (nSPS) is 15.5. The molecule has 0 amide bonds. The third-order valence-electron chi connectivity index (χ3n) is 11.2. The minimum absolute atomic E-state index is 0.00491. The molecule has 6 aromatic rings. The summed E-state index contributed by atoms with van der Waals surface area (Å²) in [5, 5.41) is 2.72. The second-order valence-electron chi connectivity index (χ2n) is 18.0. The van der Waals surface area contributed by atoms with Crippen molar-refractivity contribution in [3.63, 3.8) is 0 Å². The van der Waals surface area contributed by atoms with Crippen LogP contribution >= 0.6 is 11.3 Å². The van der Waals surface area contributed by atoms with Crippen molar-refractivity contribution in [2.45, 2.75) is 97.8 Å². The maximum absolute atomic E-state index is 2.60. The predicted octanol–water partition coefficient (Wildman–Crippen LogP) is 10.9. The molecule has 0 radical (unpaired) electrons. The molecule has 5 aromatic carbocycles. The van der Waals surface area contributed by atoms with Crippen LogP contribution in [0.3, 0.4) is 0 Å². The first kappa shape index (κ1) is 31.5. The van der Waals surface area contributed by atoms with Crippen LogP contribution in [0.15, 0.2) is 91.0 Å². The smallest absolute Gasteiger partial charge is 0.247 e. The molecule has 3 heterocycles. The molecule has 0 unspecified atom stereocenters. The summed E-state index contributed by atoms with van der Waals surface area (Å²) in [7, 11) is 0. The zero-order chi connectivity index (χ0) is 34.1. The van der Waals surface area contributed by atoms with Crippen LogP contribution in [0.1, 0.15) is 104 Å². The van der Waals surface area contributed by atoms with Gasteiger partial charge in [-0.2, -0.15) is 0 Å². The lowest BCUT2D eigenvalue weighted by molar-refractivity contribution is 0.580. The monoisotopic (exact) mass is 645 g/mol. The van der Waals surface area contributed by atoms with Crippen LogP contribution < -0.4 is 21.3 Å². The largest absolute Gasteiger partial charge is 0.311 e. The summed E-state index contributed by atoms with van der Waals surface area (Å²) < 4.78 is 2.70. The van der Waals surface area contributed by atoms with Gasteiger partial charge in [0, 0.05) is 37.3 Å². The first-order valence-corrected chi connectivity index (χ1v) is 18.5. The molecule has 2 aliphatic heterocycles. The van der Waals surface area contributed by atoms with Crippen LogP contribution in [-0.2, 0) is 21.7 Å². The van der Waals surface area contributed by atoms with Crippen molar-refractivity contribution < 1.29 is 0 Å². The summed E-state index contributed by atoms with van der Waals surface area (Å²) >= 11 is 1.92. The molecular formula is C45H48BNS. The number of anilines is 3. The van der Waals surface area contributed by atoms with E-state index in [1.54, 1.807) is 0 Å². The van der Waals surface area contributed by atoms with Gasteiger partial charge >= 0.3 is 0 Å². The minimum Gasteiger partial charge on any atom is -0.311 e.